The van der Waals surface area contributed by atoms with Crippen molar-refractivity contribution in [2.45, 2.75) is 180 Å². The summed E-state index contributed by atoms with van der Waals surface area (Å²) in [4.78, 5) is 25.0. The molecule has 0 fully saturated rings. The number of likely N-dealkylation sites (N-methyl/N-ethyl adjacent to an activating group) is 1. The first-order valence-corrected chi connectivity index (χ1v) is 23.6. The summed E-state index contributed by atoms with van der Waals surface area (Å²) in [5.41, 5.74) is 0. The largest absolute Gasteiger partial charge is 0.756 e. The lowest BCUT2D eigenvalue weighted by Gasteiger charge is -2.28. The van der Waals surface area contributed by atoms with E-state index in [1.54, 1.807) is 6.26 Å². The molecule has 0 saturated heterocycles. The molecule has 0 N–H and O–H groups in total. The molecule has 55 heavy (non-hydrogen) atoms. The summed E-state index contributed by atoms with van der Waals surface area (Å²) < 4.78 is 34.3. The Morgan fingerprint density at radius 3 is 1.60 bits per heavy atom. The van der Waals surface area contributed by atoms with Crippen LogP contribution in [0.1, 0.15) is 174 Å². The number of rotatable bonds is 40. The van der Waals surface area contributed by atoms with Crippen LogP contribution in [-0.2, 0) is 27.9 Å². The molecule has 0 aromatic rings. The zero-order chi connectivity index (χ0) is 40.6. The molecule has 0 saturated carbocycles. The van der Waals surface area contributed by atoms with Crippen LogP contribution in [0.25, 0.3) is 0 Å². The topological polar surface area (TPSA) is 94.1 Å². The first kappa shape index (κ1) is 53.0. The van der Waals surface area contributed by atoms with Crippen molar-refractivity contribution in [1.29, 1.82) is 0 Å². The number of carbonyl (C=O) groups excluding carboxylic acids is 1. The molecule has 2 atom stereocenters. The zero-order valence-electron chi connectivity index (χ0n) is 36.1. The van der Waals surface area contributed by atoms with Gasteiger partial charge in [0, 0.05) is 6.42 Å². The monoisotopic (exact) mass is 794 g/mol. The van der Waals surface area contributed by atoms with E-state index in [9.17, 15) is 14.3 Å². The van der Waals surface area contributed by atoms with E-state index in [1.807, 2.05) is 51.5 Å². The van der Waals surface area contributed by atoms with E-state index < -0.39 is 13.9 Å². The van der Waals surface area contributed by atoms with E-state index in [2.05, 4.69) is 38.2 Å². The molecule has 0 amide bonds. The highest BCUT2D eigenvalue weighted by molar-refractivity contribution is 7.45. The Morgan fingerprint density at radius 2 is 1.07 bits per heavy atom. The number of phosphoric ester groups is 1. The van der Waals surface area contributed by atoms with Gasteiger partial charge in [-0.25, -0.2) is 0 Å². The van der Waals surface area contributed by atoms with Crippen molar-refractivity contribution in [1.82, 2.24) is 0 Å². The number of allylic oxidation sites excluding steroid dienone is 9. The van der Waals surface area contributed by atoms with Gasteiger partial charge in [-0.1, -0.05) is 178 Å². The molecule has 0 bridgehead atoms. The number of nitrogens with zero attached hydrogens (tertiary/aromatic N) is 1. The summed E-state index contributed by atoms with van der Waals surface area (Å²) in [5.74, 6) is -0.380. The summed E-state index contributed by atoms with van der Waals surface area (Å²) in [6.07, 6.45) is 49.0. The molecule has 0 rings (SSSR count). The van der Waals surface area contributed by atoms with E-state index in [0.717, 1.165) is 57.8 Å². The quantitative estimate of drug-likeness (QED) is 0.0152. The van der Waals surface area contributed by atoms with E-state index >= 15 is 0 Å². The number of unbranched alkanes of at least 4 members (excludes halogenated alkanes) is 21. The van der Waals surface area contributed by atoms with Crippen LogP contribution in [0.5, 0.6) is 0 Å². The number of esters is 1. The predicted octanol–water partition coefficient (Wildman–Crippen LogP) is 12.7. The maximum Gasteiger partial charge on any atom is 0.306 e. The molecule has 8 nitrogen and oxygen atoms in total. The smallest absolute Gasteiger partial charge is 0.306 e. The Morgan fingerprint density at radius 1 is 0.600 bits per heavy atom. The first-order valence-electron chi connectivity index (χ1n) is 22.1. The highest BCUT2D eigenvalue weighted by Crippen LogP contribution is 2.38. The molecule has 0 spiro atoms. The van der Waals surface area contributed by atoms with Gasteiger partial charge in [0.2, 0.25) is 0 Å². The number of quaternary nitrogens is 1. The summed E-state index contributed by atoms with van der Waals surface area (Å²) in [7, 11) is 1.30. The zero-order valence-corrected chi connectivity index (χ0v) is 37.0. The summed E-state index contributed by atoms with van der Waals surface area (Å²) in [5, 5.41) is 0. The van der Waals surface area contributed by atoms with Crippen LogP contribution in [-0.4, -0.2) is 64.1 Å². The van der Waals surface area contributed by atoms with Gasteiger partial charge in [0.25, 0.3) is 7.82 Å². The Balaban J connectivity index is 4.31. The fraction of sp³-hybridized carbons (Fsp3) is 0.761. The Labute approximate surface area is 339 Å². The molecular formula is C46H84NO7P. The third-order valence-electron chi connectivity index (χ3n) is 9.24. The van der Waals surface area contributed by atoms with Gasteiger partial charge in [0.1, 0.15) is 19.8 Å². The van der Waals surface area contributed by atoms with Crippen molar-refractivity contribution in [3.8, 4) is 0 Å². The normalized spacial score (nSPS) is 14.3. The molecule has 0 aliphatic heterocycles. The number of hydrogen-bond donors (Lipinski definition) is 0. The predicted molar refractivity (Wildman–Crippen MR) is 231 cm³/mol. The SMILES string of the molecule is CC/C=C/C=C/C=C/C=C/CCCCCCCC(=O)O[C@H](CO/C=C/CCCCCCCCCCCCCCCCCC)COP(=O)([O-])OCC[N+](C)(C)C. The van der Waals surface area contributed by atoms with E-state index in [4.69, 9.17) is 18.5 Å². The van der Waals surface area contributed by atoms with Gasteiger partial charge < -0.3 is 27.9 Å². The van der Waals surface area contributed by atoms with Gasteiger partial charge in [-0.3, -0.25) is 9.36 Å². The minimum absolute atomic E-state index is 0.00891. The summed E-state index contributed by atoms with van der Waals surface area (Å²) in [6, 6.07) is 0. The number of phosphoric acid groups is 1. The lowest BCUT2D eigenvalue weighted by atomic mass is 10.0. The third-order valence-corrected chi connectivity index (χ3v) is 10.2. The van der Waals surface area contributed by atoms with Crippen molar-refractivity contribution in [2.24, 2.45) is 0 Å². The minimum Gasteiger partial charge on any atom is -0.756 e. The first-order chi connectivity index (χ1) is 26.6. The van der Waals surface area contributed by atoms with Gasteiger partial charge in [0.05, 0.1) is 34.0 Å². The van der Waals surface area contributed by atoms with Gasteiger partial charge in [-0.2, -0.15) is 0 Å². The van der Waals surface area contributed by atoms with Crippen LogP contribution < -0.4 is 4.89 Å². The highest BCUT2D eigenvalue weighted by atomic mass is 31.2. The van der Waals surface area contributed by atoms with E-state index in [1.165, 1.54) is 96.3 Å². The van der Waals surface area contributed by atoms with Crippen LogP contribution in [0, 0.1) is 0 Å². The van der Waals surface area contributed by atoms with Crippen molar-refractivity contribution in [3.05, 3.63) is 60.9 Å². The molecule has 0 aromatic heterocycles. The maximum absolute atomic E-state index is 12.6. The van der Waals surface area contributed by atoms with Crippen molar-refractivity contribution in [2.75, 3.05) is 47.5 Å². The van der Waals surface area contributed by atoms with Crippen LogP contribution in [0.15, 0.2) is 60.9 Å². The number of hydrogen-bond acceptors (Lipinski definition) is 7. The Kier molecular flexibility index (Phi) is 37.5. The Bertz CT molecular complexity index is 1060. The van der Waals surface area contributed by atoms with E-state index in [0.29, 0.717) is 11.0 Å². The van der Waals surface area contributed by atoms with Crippen LogP contribution >= 0.6 is 7.82 Å². The van der Waals surface area contributed by atoms with Gasteiger partial charge in [-0.05, 0) is 44.6 Å². The van der Waals surface area contributed by atoms with Gasteiger partial charge in [0.15, 0.2) is 6.10 Å². The van der Waals surface area contributed by atoms with E-state index in [-0.39, 0.29) is 32.2 Å². The number of carbonyl (C=O) groups is 1. The average Bonchev–Trinajstić information content (AvgIpc) is 3.13. The summed E-state index contributed by atoms with van der Waals surface area (Å²) in [6.45, 7) is 4.57. The van der Waals surface area contributed by atoms with Crippen LogP contribution in [0.2, 0.25) is 0 Å². The van der Waals surface area contributed by atoms with Gasteiger partial charge >= 0.3 is 5.97 Å². The third kappa shape index (κ3) is 43.0. The molecule has 0 radical (unpaired) electrons. The molecule has 9 heteroatoms. The second kappa shape index (κ2) is 38.9. The molecule has 0 heterocycles. The fourth-order valence-electron chi connectivity index (χ4n) is 5.82. The van der Waals surface area contributed by atoms with Crippen molar-refractivity contribution in [3.63, 3.8) is 0 Å². The van der Waals surface area contributed by atoms with Crippen LogP contribution in [0.3, 0.4) is 0 Å². The molecule has 320 valence electrons. The Hall–Kier alpha value is -1.96. The lowest BCUT2D eigenvalue weighted by Crippen LogP contribution is -2.37. The fourth-order valence-corrected chi connectivity index (χ4v) is 6.54. The number of ether oxygens (including phenoxy) is 2. The second-order valence-electron chi connectivity index (χ2n) is 15.8. The van der Waals surface area contributed by atoms with Crippen molar-refractivity contribution >= 4 is 13.8 Å². The van der Waals surface area contributed by atoms with Gasteiger partial charge in [-0.15, -0.1) is 0 Å². The lowest BCUT2D eigenvalue weighted by molar-refractivity contribution is -0.870. The highest BCUT2D eigenvalue weighted by Gasteiger charge is 2.20. The maximum atomic E-state index is 12.6. The minimum atomic E-state index is -4.55. The van der Waals surface area contributed by atoms with Crippen LogP contribution in [0.4, 0.5) is 0 Å². The molecule has 0 aliphatic rings. The molecular weight excluding hydrogens is 709 g/mol. The standard InChI is InChI=1S/C46H84NO7P/c1-6-8-10-12-14-16-18-20-22-23-24-26-28-30-32-34-36-38-41-51-43-45(44-53-55(49,50)52-42-40-47(3,4)5)54-46(48)39-37-35-33-31-29-27-25-21-19-17-15-13-11-9-7-2/h9,11,13,15,17,19,21,25,38,41,45H,6-8,10,12,14,16,18,20,22-24,26-37,39-40,42-44H2,1-5H3/b11-9+,15-13+,19-17+,25-21+,41-38+/t45-/m1/s1. The second-order valence-corrected chi connectivity index (χ2v) is 17.3. The molecule has 1 unspecified atom stereocenters. The molecule has 0 aliphatic carbocycles. The molecule has 0 aromatic carbocycles. The average molecular weight is 794 g/mol. The summed E-state index contributed by atoms with van der Waals surface area (Å²) >= 11 is 0. The van der Waals surface area contributed by atoms with Crippen molar-refractivity contribution < 1.29 is 37.3 Å².